The molecule has 0 bridgehead atoms. The molecule has 0 N–H and O–H groups in total. The highest BCUT2D eigenvalue weighted by Crippen LogP contribution is 2.26. The number of ether oxygens (including phenoxy) is 1. The Morgan fingerprint density at radius 3 is 2.71 bits per heavy atom. The molecule has 0 amide bonds. The van der Waals surface area contributed by atoms with Gasteiger partial charge in [0.1, 0.15) is 5.75 Å². The van der Waals surface area contributed by atoms with Gasteiger partial charge < -0.3 is 4.74 Å². The minimum atomic E-state index is 0.700. The van der Waals surface area contributed by atoms with Crippen molar-refractivity contribution in [3.8, 4) is 5.75 Å². The summed E-state index contributed by atoms with van der Waals surface area (Å²) in [6, 6.07) is 5.99. The Labute approximate surface area is 89.4 Å². The molecule has 0 spiro atoms. The van der Waals surface area contributed by atoms with Gasteiger partial charge in [0.15, 0.2) is 0 Å². The summed E-state index contributed by atoms with van der Waals surface area (Å²) in [7, 11) is 1.64. The second kappa shape index (κ2) is 4.20. The molecule has 0 aromatic heterocycles. The second-order valence-corrected chi connectivity index (χ2v) is 4.01. The molecule has 1 heterocycles. The van der Waals surface area contributed by atoms with Gasteiger partial charge in [-0.1, -0.05) is 17.7 Å². The van der Waals surface area contributed by atoms with Crippen LogP contribution in [0.25, 0.3) is 0 Å². The average molecular weight is 212 g/mol. The van der Waals surface area contributed by atoms with Crippen molar-refractivity contribution in [2.75, 3.05) is 20.2 Å². The minimum Gasteiger partial charge on any atom is -0.495 e. The first-order valence-electron chi connectivity index (χ1n) is 4.84. The summed E-state index contributed by atoms with van der Waals surface area (Å²) in [5.41, 5.74) is 1.26. The molecular weight excluding hydrogens is 198 g/mol. The number of hydrogen-bond acceptors (Lipinski definition) is 2. The maximum atomic E-state index is 6.03. The predicted octanol–water partition coefficient (Wildman–Crippen LogP) is 2.55. The average Bonchev–Trinajstić information content (AvgIpc) is 2.12. The van der Waals surface area contributed by atoms with Crippen molar-refractivity contribution in [3.63, 3.8) is 0 Å². The van der Waals surface area contributed by atoms with Crippen LogP contribution in [0.15, 0.2) is 18.2 Å². The molecule has 1 aromatic rings. The van der Waals surface area contributed by atoms with E-state index in [4.69, 9.17) is 16.3 Å². The monoisotopic (exact) mass is 211 g/mol. The van der Waals surface area contributed by atoms with Crippen LogP contribution >= 0.6 is 11.6 Å². The summed E-state index contributed by atoms with van der Waals surface area (Å²) in [6.45, 7) is 3.43. The van der Waals surface area contributed by atoms with Crippen molar-refractivity contribution in [2.24, 2.45) is 0 Å². The van der Waals surface area contributed by atoms with E-state index in [1.54, 1.807) is 7.11 Å². The lowest BCUT2D eigenvalue weighted by atomic mass is 10.1. The number of halogens is 1. The van der Waals surface area contributed by atoms with Crippen molar-refractivity contribution < 1.29 is 4.74 Å². The molecule has 0 atom stereocenters. The van der Waals surface area contributed by atoms with Crippen molar-refractivity contribution in [1.29, 1.82) is 0 Å². The van der Waals surface area contributed by atoms with Crippen LogP contribution in [0.4, 0.5) is 0 Å². The number of hydrogen-bond donors (Lipinski definition) is 0. The van der Waals surface area contributed by atoms with Crippen LogP contribution in [0.5, 0.6) is 5.75 Å². The molecule has 0 radical (unpaired) electrons. The standard InChI is InChI=1S/C11H14ClNO/c1-14-11-4-3-9(7-10(11)12)8-13-5-2-6-13/h3-4,7H,2,5-6,8H2,1H3. The zero-order valence-electron chi connectivity index (χ0n) is 8.29. The third kappa shape index (κ3) is 2.02. The smallest absolute Gasteiger partial charge is 0.137 e. The van der Waals surface area contributed by atoms with Crippen LogP contribution in [0.3, 0.4) is 0 Å². The first-order chi connectivity index (χ1) is 6.79. The van der Waals surface area contributed by atoms with E-state index in [0.717, 1.165) is 12.3 Å². The molecule has 1 aromatic carbocycles. The Morgan fingerprint density at radius 2 is 2.21 bits per heavy atom. The van der Waals surface area contributed by atoms with E-state index in [1.807, 2.05) is 12.1 Å². The fourth-order valence-electron chi connectivity index (χ4n) is 1.61. The van der Waals surface area contributed by atoms with E-state index in [2.05, 4.69) is 11.0 Å². The predicted molar refractivity (Wildman–Crippen MR) is 57.9 cm³/mol. The third-order valence-corrected chi connectivity index (χ3v) is 2.87. The fourth-order valence-corrected chi connectivity index (χ4v) is 1.89. The van der Waals surface area contributed by atoms with E-state index in [1.165, 1.54) is 25.1 Å². The normalized spacial score (nSPS) is 16.4. The third-order valence-electron chi connectivity index (χ3n) is 2.57. The van der Waals surface area contributed by atoms with E-state index in [9.17, 15) is 0 Å². The lowest BCUT2D eigenvalue weighted by molar-refractivity contribution is 0.172. The summed E-state index contributed by atoms with van der Waals surface area (Å²) in [4.78, 5) is 2.40. The van der Waals surface area contributed by atoms with Gasteiger partial charge in [-0.05, 0) is 37.2 Å². The van der Waals surface area contributed by atoms with Crippen molar-refractivity contribution >= 4 is 11.6 Å². The summed E-state index contributed by atoms with van der Waals surface area (Å²) in [5, 5.41) is 0.700. The van der Waals surface area contributed by atoms with Gasteiger partial charge in [-0.2, -0.15) is 0 Å². The number of likely N-dealkylation sites (tertiary alicyclic amines) is 1. The highest BCUT2D eigenvalue weighted by Gasteiger charge is 2.14. The Kier molecular flexibility index (Phi) is 2.94. The van der Waals surface area contributed by atoms with Crippen molar-refractivity contribution in [1.82, 2.24) is 4.90 Å². The molecule has 2 rings (SSSR count). The van der Waals surface area contributed by atoms with Crippen molar-refractivity contribution in [3.05, 3.63) is 28.8 Å². The molecular formula is C11H14ClNO. The van der Waals surface area contributed by atoms with Gasteiger partial charge in [-0.3, -0.25) is 4.90 Å². The number of nitrogens with zero attached hydrogens (tertiary/aromatic N) is 1. The van der Waals surface area contributed by atoms with E-state index in [0.29, 0.717) is 5.02 Å². The molecule has 3 heteroatoms. The minimum absolute atomic E-state index is 0.700. The number of rotatable bonds is 3. The summed E-state index contributed by atoms with van der Waals surface area (Å²) in [6.07, 6.45) is 1.32. The van der Waals surface area contributed by atoms with Gasteiger partial charge >= 0.3 is 0 Å². The summed E-state index contributed by atoms with van der Waals surface area (Å²) >= 11 is 6.03. The SMILES string of the molecule is COc1ccc(CN2CCC2)cc1Cl. The molecule has 14 heavy (non-hydrogen) atoms. The maximum absolute atomic E-state index is 6.03. The highest BCUT2D eigenvalue weighted by molar-refractivity contribution is 6.32. The van der Waals surface area contributed by atoms with Crippen LogP contribution < -0.4 is 4.74 Å². The van der Waals surface area contributed by atoms with Gasteiger partial charge in [-0.15, -0.1) is 0 Å². The Hall–Kier alpha value is -0.730. The zero-order valence-corrected chi connectivity index (χ0v) is 9.05. The van der Waals surface area contributed by atoms with E-state index < -0.39 is 0 Å². The van der Waals surface area contributed by atoms with Crippen molar-refractivity contribution in [2.45, 2.75) is 13.0 Å². The molecule has 0 unspecified atom stereocenters. The van der Waals surface area contributed by atoms with E-state index in [-0.39, 0.29) is 0 Å². The molecule has 1 aliphatic rings. The maximum Gasteiger partial charge on any atom is 0.137 e. The molecule has 1 fully saturated rings. The largest absolute Gasteiger partial charge is 0.495 e. The molecule has 0 saturated carbocycles. The van der Waals surface area contributed by atoms with Crippen LogP contribution in [-0.2, 0) is 6.54 Å². The first kappa shape index (κ1) is 9.81. The Balaban J connectivity index is 2.07. The second-order valence-electron chi connectivity index (χ2n) is 3.60. The lowest BCUT2D eigenvalue weighted by Crippen LogP contribution is -2.36. The van der Waals surface area contributed by atoms with Gasteiger partial charge in [0, 0.05) is 6.54 Å². The molecule has 76 valence electrons. The van der Waals surface area contributed by atoms with Gasteiger partial charge in [0.05, 0.1) is 12.1 Å². The first-order valence-corrected chi connectivity index (χ1v) is 5.22. The van der Waals surface area contributed by atoms with Gasteiger partial charge in [-0.25, -0.2) is 0 Å². The van der Waals surface area contributed by atoms with Gasteiger partial charge in [0.25, 0.3) is 0 Å². The Morgan fingerprint density at radius 1 is 1.43 bits per heavy atom. The lowest BCUT2D eigenvalue weighted by Gasteiger charge is -2.30. The molecule has 1 aliphatic heterocycles. The molecule has 2 nitrogen and oxygen atoms in total. The van der Waals surface area contributed by atoms with Crippen LogP contribution in [-0.4, -0.2) is 25.1 Å². The van der Waals surface area contributed by atoms with Crippen LogP contribution in [0.2, 0.25) is 5.02 Å². The van der Waals surface area contributed by atoms with Crippen LogP contribution in [0.1, 0.15) is 12.0 Å². The quantitative estimate of drug-likeness (QED) is 0.762. The topological polar surface area (TPSA) is 12.5 Å². The molecule has 0 aliphatic carbocycles. The van der Waals surface area contributed by atoms with E-state index >= 15 is 0 Å². The fraction of sp³-hybridized carbons (Fsp3) is 0.455. The molecule has 1 saturated heterocycles. The Bertz CT molecular complexity index is 323. The van der Waals surface area contributed by atoms with Gasteiger partial charge in [0.2, 0.25) is 0 Å². The van der Waals surface area contributed by atoms with Crippen LogP contribution in [0, 0.1) is 0 Å². The number of methoxy groups -OCH3 is 1. The number of benzene rings is 1. The zero-order chi connectivity index (χ0) is 9.97. The highest BCUT2D eigenvalue weighted by atomic mass is 35.5. The summed E-state index contributed by atoms with van der Waals surface area (Å²) in [5.74, 6) is 0.749. The summed E-state index contributed by atoms with van der Waals surface area (Å²) < 4.78 is 5.10.